The van der Waals surface area contributed by atoms with Gasteiger partial charge in [0.05, 0.1) is 10.2 Å². The molecule has 2 nitrogen and oxygen atoms in total. The lowest BCUT2D eigenvalue weighted by Crippen LogP contribution is -1.95. The second-order valence-electron chi connectivity index (χ2n) is 2.68. The van der Waals surface area contributed by atoms with E-state index in [-0.39, 0.29) is 12.4 Å². The standard InChI is InChI=1S/C7H10BrClN2.ClH/c1-5(2)7-6(8)3-11(4-9)10-7;/h3,5H,4H2,1-2H3;1H. The number of alkyl halides is 1. The van der Waals surface area contributed by atoms with Crippen molar-refractivity contribution < 1.29 is 0 Å². The minimum atomic E-state index is 0. The van der Waals surface area contributed by atoms with E-state index in [1.165, 1.54) is 0 Å². The van der Waals surface area contributed by atoms with E-state index in [1.807, 2.05) is 6.20 Å². The quantitative estimate of drug-likeness (QED) is 0.756. The fourth-order valence-corrected chi connectivity index (χ4v) is 1.76. The highest BCUT2D eigenvalue weighted by Gasteiger charge is 2.08. The number of rotatable bonds is 2. The Bertz CT molecular complexity index is 248. The molecule has 1 aromatic heterocycles. The second kappa shape index (κ2) is 5.10. The molecule has 0 saturated heterocycles. The molecule has 0 spiro atoms. The third kappa shape index (κ3) is 2.64. The molecular weight excluding hydrogens is 263 g/mol. The molecule has 1 aromatic rings. The Balaban J connectivity index is 0.00000121. The summed E-state index contributed by atoms with van der Waals surface area (Å²) in [6.07, 6.45) is 1.89. The normalized spacial score (nSPS) is 10.1. The molecule has 12 heavy (non-hydrogen) atoms. The largest absolute Gasteiger partial charge is 0.256 e. The molecule has 0 atom stereocenters. The van der Waals surface area contributed by atoms with Gasteiger partial charge < -0.3 is 0 Å². The van der Waals surface area contributed by atoms with Gasteiger partial charge in [0.25, 0.3) is 0 Å². The van der Waals surface area contributed by atoms with Crippen molar-refractivity contribution in [2.45, 2.75) is 25.8 Å². The number of hydrogen-bond acceptors (Lipinski definition) is 1. The van der Waals surface area contributed by atoms with Crippen molar-refractivity contribution in [3.8, 4) is 0 Å². The lowest BCUT2D eigenvalue weighted by atomic mass is 10.1. The van der Waals surface area contributed by atoms with Crippen LogP contribution < -0.4 is 0 Å². The fourth-order valence-electron chi connectivity index (χ4n) is 0.864. The zero-order valence-corrected chi connectivity index (χ0v) is 10.1. The van der Waals surface area contributed by atoms with Crippen molar-refractivity contribution in [1.82, 2.24) is 9.78 Å². The first kappa shape index (κ1) is 12.3. The summed E-state index contributed by atoms with van der Waals surface area (Å²) in [5, 5.41) is 4.27. The van der Waals surface area contributed by atoms with Crippen LogP contribution in [-0.4, -0.2) is 9.78 Å². The second-order valence-corrected chi connectivity index (χ2v) is 3.77. The van der Waals surface area contributed by atoms with Crippen LogP contribution in [-0.2, 0) is 6.00 Å². The summed E-state index contributed by atoms with van der Waals surface area (Å²) < 4.78 is 2.74. The van der Waals surface area contributed by atoms with Crippen LogP contribution in [0.4, 0.5) is 0 Å². The van der Waals surface area contributed by atoms with Crippen LogP contribution in [0.1, 0.15) is 25.5 Å². The molecule has 0 saturated carbocycles. The van der Waals surface area contributed by atoms with E-state index in [9.17, 15) is 0 Å². The van der Waals surface area contributed by atoms with Crippen LogP contribution in [0, 0.1) is 0 Å². The predicted octanol–water partition coefficient (Wildman–Crippen LogP) is 3.39. The Morgan fingerprint density at radius 1 is 1.67 bits per heavy atom. The van der Waals surface area contributed by atoms with Crippen LogP contribution in [0.25, 0.3) is 0 Å². The van der Waals surface area contributed by atoms with Crippen molar-refractivity contribution in [3.05, 3.63) is 16.4 Å². The van der Waals surface area contributed by atoms with Gasteiger partial charge >= 0.3 is 0 Å². The monoisotopic (exact) mass is 272 g/mol. The Kier molecular flexibility index (Phi) is 5.21. The Morgan fingerprint density at radius 2 is 2.25 bits per heavy atom. The van der Waals surface area contributed by atoms with Crippen LogP contribution in [0.2, 0.25) is 0 Å². The Labute approximate surface area is 91.8 Å². The highest BCUT2D eigenvalue weighted by molar-refractivity contribution is 9.10. The molecule has 0 fully saturated rings. The first-order chi connectivity index (χ1) is 5.15. The van der Waals surface area contributed by atoms with Crippen LogP contribution in [0.15, 0.2) is 10.7 Å². The molecule has 0 radical (unpaired) electrons. The van der Waals surface area contributed by atoms with Gasteiger partial charge in [-0.2, -0.15) is 5.10 Å². The number of aromatic nitrogens is 2. The highest BCUT2D eigenvalue weighted by atomic mass is 79.9. The van der Waals surface area contributed by atoms with E-state index >= 15 is 0 Å². The molecule has 0 aromatic carbocycles. The molecule has 1 heterocycles. The van der Waals surface area contributed by atoms with Crippen LogP contribution in [0.5, 0.6) is 0 Å². The molecule has 0 N–H and O–H groups in total. The molecule has 70 valence electrons. The molecule has 0 bridgehead atoms. The lowest BCUT2D eigenvalue weighted by Gasteiger charge is -1.98. The van der Waals surface area contributed by atoms with Gasteiger partial charge in [-0.25, -0.2) is 0 Å². The van der Waals surface area contributed by atoms with Gasteiger partial charge in [0.2, 0.25) is 0 Å². The average Bonchev–Trinajstić information content (AvgIpc) is 2.30. The molecule has 0 unspecified atom stereocenters. The van der Waals surface area contributed by atoms with Crippen molar-refractivity contribution in [2.24, 2.45) is 0 Å². The van der Waals surface area contributed by atoms with Gasteiger partial charge in [-0.05, 0) is 21.8 Å². The summed E-state index contributed by atoms with van der Waals surface area (Å²) in [7, 11) is 0. The van der Waals surface area contributed by atoms with Crippen molar-refractivity contribution in [3.63, 3.8) is 0 Å². The van der Waals surface area contributed by atoms with Crippen LogP contribution in [0.3, 0.4) is 0 Å². The highest BCUT2D eigenvalue weighted by Crippen LogP contribution is 2.22. The Hall–Kier alpha value is 0.270. The van der Waals surface area contributed by atoms with E-state index in [0.717, 1.165) is 10.2 Å². The van der Waals surface area contributed by atoms with Crippen molar-refractivity contribution >= 4 is 39.9 Å². The van der Waals surface area contributed by atoms with E-state index < -0.39 is 0 Å². The number of hydrogen-bond donors (Lipinski definition) is 0. The zero-order valence-electron chi connectivity index (χ0n) is 6.92. The van der Waals surface area contributed by atoms with Gasteiger partial charge in [0, 0.05) is 6.20 Å². The van der Waals surface area contributed by atoms with E-state index in [0.29, 0.717) is 11.9 Å². The van der Waals surface area contributed by atoms with Crippen LogP contribution >= 0.6 is 39.9 Å². The van der Waals surface area contributed by atoms with Gasteiger partial charge in [-0.15, -0.1) is 24.0 Å². The van der Waals surface area contributed by atoms with Crippen molar-refractivity contribution in [1.29, 1.82) is 0 Å². The van der Waals surface area contributed by atoms with Gasteiger partial charge in [0.15, 0.2) is 0 Å². The summed E-state index contributed by atoms with van der Waals surface area (Å²) >= 11 is 9.01. The van der Waals surface area contributed by atoms with Crippen molar-refractivity contribution in [2.75, 3.05) is 0 Å². The molecule has 0 aliphatic carbocycles. The maximum absolute atomic E-state index is 5.60. The minimum absolute atomic E-state index is 0. The van der Waals surface area contributed by atoms with E-state index in [2.05, 4.69) is 34.9 Å². The van der Waals surface area contributed by atoms with Gasteiger partial charge in [-0.1, -0.05) is 13.8 Å². The Morgan fingerprint density at radius 3 is 2.50 bits per heavy atom. The zero-order chi connectivity index (χ0) is 8.43. The summed E-state index contributed by atoms with van der Waals surface area (Å²) in [5.74, 6) is 0.439. The molecule has 5 heteroatoms. The first-order valence-corrected chi connectivity index (χ1v) is 4.76. The molecule has 0 amide bonds. The minimum Gasteiger partial charge on any atom is -0.256 e. The summed E-state index contributed by atoms with van der Waals surface area (Å²) in [6.45, 7) is 4.21. The summed E-state index contributed by atoms with van der Waals surface area (Å²) in [6, 6.07) is 0.408. The first-order valence-electron chi connectivity index (χ1n) is 3.44. The maximum atomic E-state index is 5.60. The third-order valence-corrected chi connectivity index (χ3v) is 2.27. The molecule has 1 rings (SSSR count). The third-order valence-electron chi connectivity index (χ3n) is 1.41. The fraction of sp³-hybridized carbons (Fsp3) is 0.571. The molecule has 0 aliphatic heterocycles. The smallest absolute Gasteiger partial charge is 0.115 e. The molecule has 0 aliphatic rings. The average molecular weight is 274 g/mol. The van der Waals surface area contributed by atoms with E-state index in [1.54, 1.807) is 4.68 Å². The SMILES string of the molecule is CC(C)c1nn(CCl)cc1Br.Cl. The van der Waals surface area contributed by atoms with Gasteiger partial charge in [0.1, 0.15) is 6.00 Å². The topological polar surface area (TPSA) is 17.8 Å². The summed E-state index contributed by atoms with van der Waals surface area (Å²) in [4.78, 5) is 0. The molecular formula is C7H11BrCl2N2. The maximum Gasteiger partial charge on any atom is 0.115 e. The van der Waals surface area contributed by atoms with Gasteiger partial charge in [-0.3, -0.25) is 4.68 Å². The number of halogens is 3. The van der Waals surface area contributed by atoms with E-state index in [4.69, 9.17) is 11.6 Å². The lowest BCUT2D eigenvalue weighted by molar-refractivity contribution is 0.698. The summed E-state index contributed by atoms with van der Waals surface area (Å²) in [5.41, 5.74) is 1.06. The predicted molar refractivity (Wildman–Crippen MR) is 57.1 cm³/mol. The number of nitrogens with zero attached hydrogens (tertiary/aromatic N) is 2.